The Hall–Kier alpha value is -0.520. The minimum absolute atomic E-state index is 1.08. The maximum Gasteiger partial charge on any atom is -0.0348 e. The fraction of sp³-hybridized carbons (Fsp3) is 0.778. The van der Waals surface area contributed by atoms with Crippen LogP contribution in [0.3, 0.4) is 0 Å². The molecule has 0 saturated heterocycles. The number of allylic oxidation sites excluding steroid dienone is 3. The summed E-state index contributed by atoms with van der Waals surface area (Å²) in [5.74, 6) is 0. The topological polar surface area (TPSA) is 0 Å². The van der Waals surface area contributed by atoms with Crippen LogP contribution in [0, 0.1) is 6.58 Å². The fourth-order valence-corrected chi connectivity index (χ4v) is 2.16. The Morgan fingerprint density at radius 1 is 0.611 bits per heavy atom. The van der Waals surface area contributed by atoms with E-state index in [-0.39, 0.29) is 0 Å². The zero-order valence-electron chi connectivity index (χ0n) is 12.5. The van der Waals surface area contributed by atoms with E-state index in [0.717, 1.165) is 6.42 Å². The smallest absolute Gasteiger partial charge is 0.0348 e. The Bertz CT molecular complexity index is 178. The minimum atomic E-state index is 1.08. The molecule has 1 radical (unpaired) electrons. The van der Waals surface area contributed by atoms with Crippen LogP contribution in [0.2, 0.25) is 0 Å². The first-order valence-corrected chi connectivity index (χ1v) is 8.10. The average molecular weight is 249 g/mol. The molecule has 0 N–H and O–H groups in total. The van der Waals surface area contributed by atoms with Gasteiger partial charge in [-0.15, -0.1) is 0 Å². The predicted octanol–water partition coefficient (Wildman–Crippen LogP) is 6.62. The van der Waals surface area contributed by atoms with E-state index in [9.17, 15) is 0 Å². The molecule has 0 aliphatic carbocycles. The van der Waals surface area contributed by atoms with Crippen molar-refractivity contribution in [2.75, 3.05) is 0 Å². The highest BCUT2D eigenvalue weighted by molar-refractivity contribution is 4.81. The molecule has 0 heteroatoms. The van der Waals surface area contributed by atoms with Gasteiger partial charge in [0, 0.05) is 0 Å². The summed E-state index contributed by atoms with van der Waals surface area (Å²) in [6.07, 6.45) is 23.9. The van der Waals surface area contributed by atoms with Crippen LogP contribution in [-0.2, 0) is 0 Å². The molecule has 0 amide bonds. The number of unbranched alkanes of at least 4 members (excludes halogenated alkanes) is 11. The first-order valence-electron chi connectivity index (χ1n) is 8.10. The second-order valence-electron chi connectivity index (χ2n) is 5.26. The highest BCUT2D eigenvalue weighted by atomic mass is 14.0. The van der Waals surface area contributed by atoms with E-state index in [0.29, 0.717) is 0 Å². The lowest BCUT2D eigenvalue weighted by Crippen LogP contribution is -1.79. The quantitative estimate of drug-likeness (QED) is 0.239. The summed E-state index contributed by atoms with van der Waals surface area (Å²) in [5.41, 5.74) is 0. The lowest BCUT2D eigenvalue weighted by atomic mass is 10.1. The van der Waals surface area contributed by atoms with E-state index >= 15 is 0 Å². The van der Waals surface area contributed by atoms with Crippen LogP contribution in [0.4, 0.5) is 0 Å². The first-order chi connectivity index (χ1) is 8.91. The summed E-state index contributed by atoms with van der Waals surface area (Å²) >= 11 is 0. The highest BCUT2D eigenvalue weighted by Gasteiger charge is 1.90. The van der Waals surface area contributed by atoms with Crippen LogP contribution in [0.15, 0.2) is 18.2 Å². The third kappa shape index (κ3) is 15.5. The van der Waals surface area contributed by atoms with Crippen molar-refractivity contribution in [2.45, 2.75) is 90.4 Å². The van der Waals surface area contributed by atoms with Gasteiger partial charge in [-0.3, -0.25) is 0 Å². The highest BCUT2D eigenvalue weighted by Crippen LogP contribution is 2.09. The van der Waals surface area contributed by atoms with E-state index < -0.39 is 0 Å². The maximum atomic E-state index is 5.34. The molecule has 0 unspecified atom stereocenters. The molecule has 0 aromatic rings. The summed E-state index contributed by atoms with van der Waals surface area (Å²) in [6, 6.07) is 0. The van der Waals surface area contributed by atoms with Gasteiger partial charge in [-0.25, -0.2) is 0 Å². The van der Waals surface area contributed by atoms with Crippen LogP contribution in [0.5, 0.6) is 0 Å². The molecular formula is C18H33. The Labute approximate surface area is 116 Å². The molecule has 0 fully saturated rings. The molecule has 0 bridgehead atoms. The summed E-state index contributed by atoms with van der Waals surface area (Å²) in [7, 11) is 0. The number of hydrogen-bond acceptors (Lipinski definition) is 0. The second kappa shape index (κ2) is 16.5. The van der Waals surface area contributed by atoms with Gasteiger partial charge in [0.15, 0.2) is 0 Å². The molecule has 0 rings (SSSR count). The summed E-state index contributed by atoms with van der Waals surface area (Å²) < 4.78 is 0. The van der Waals surface area contributed by atoms with Gasteiger partial charge < -0.3 is 0 Å². The van der Waals surface area contributed by atoms with E-state index in [4.69, 9.17) is 6.58 Å². The van der Waals surface area contributed by atoms with Crippen molar-refractivity contribution in [3.05, 3.63) is 24.8 Å². The van der Waals surface area contributed by atoms with E-state index in [1.54, 1.807) is 6.08 Å². The van der Waals surface area contributed by atoms with Gasteiger partial charge in [0.1, 0.15) is 0 Å². The Balaban J connectivity index is 3.01. The van der Waals surface area contributed by atoms with Crippen molar-refractivity contribution in [3.63, 3.8) is 0 Å². The van der Waals surface area contributed by atoms with Gasteiger partial charge in [0.05, 0.1) is 0 Å². The average Bonchev–Trinajstić information content (AvgIpc) is 2.39. The number of rotatable bonds is 14. The predicted molar refractivity (Wildman–Crippen MR) is 83.7 cm³/mol. The molecule has 0 nitrogen and oxygen atoms in total. The lowest BCUT2D eigenvalue weighted by molar-refractivity contribution is 0.599. The minimum Gasteiger partial charge on any atom is -0.0885 e. The van der Waals surface area contributed by atoms with E-state index in [2.05, 4.69) is 19.1 Å². The molecule has 0 aliphatic rings. The zero-order valence-corrected chi connectivity index (χ0v) is 12.5. The van der Waals surface area contributed by atoms with Gasteiger partial charge >= 0.3 is 0 Å². The monoisotopic (exact) mass is 249 g/mol. The Morgan fingerprint density at radius 2 is 1.06 bits per heavy atom. The van der Waals surface area contributed by atoms with Crippen molar-refractivity contribution in [3.8, 4) is 0 Å². The van der Waals surface area contributed by atoms with E-state index in [1.807, 2.05) is 0 Å². The molecule has 0 aromatic carbocycles. The molecule has 0 saturated carbocycles. The molecule has 0 spiro atoms. The van der Waals surface area contributed by atoms with Crippen molar-refractivity contribution < 1.29 is 0 Å². The third-order valence-corrected chi connectivity index (χ3v) is 3.38. The van der Waals surface area contributed by atoms with Crippen molar-refractivity contribution in [2.24, 2.45) is 0 Å². The molecule has 0 aromatic heterocycles. The maximum absolute atomic E-state index is 5.34. The standard InChI is InChI=1S/C18H33/c1-3-5-7-9-11-13-15-17-18-16-14-12-10-8-6-4-2/h1,3,14,16H,4-13,15,17-18H2,2H3. The van der Waals surface area contributed by atoms with Gasteiger partial charge in [-0.1, -0.05) is 76.7 Å². The van der Waals surface area contributed by atoms with Crippen LogP contribution < -0.4 is 0 Å². The van der Waals surface area contributed by atoms with Crippen LogP contribution in [-0.4, -0.2) is 0 Å². The van der Waals surface area contributed by atoms with Crippen LogP contribution in [0.25, 0.3) is 0 Å². The van der Waals surface area contributed by atoms with Crippen molar-refractivity contribution in [1.29, 1.82) is 0 Å². The van der Waals surface area contributed by atoms with Crippen molar-refractivity contribution in [1.82, 2.24) is 0 Å². The summed E-state index contributed by atoms with van der Waals surface area (Å²) in [4.78, 5) is 0. The van der Waals surface area contributed by atoms with Gasteiger partial charge in [-0.2, -0.15) is 0 Å². The van der Waals surface area contributed by atoms with Crippen molar-refractivity contribution >= 4 is 0 Å². The van der Waals surface area contributed by atoms with Crippen LogP contribution in [0.1, 0.15) is 90.4 Å². The SMILES string of the molecule is [CH]=CCCCCCCCCC=CCCCCCC. The van der Waals surface area contributed by atoms with Gasteiger partial charge in [0.25, 0.3) is 0 Å². The third-order valence-electron chi connectivity index (χ3n) is 3.38. The second-order valence-corrected chi connectivity index (χ2v) is 5.26. The van der Waals surface area contributed by atoms with E-state index in [1.165, 1.54) is 77.0 Å². The molecule has 105 valence electrons. The molecule has 0 aliphatic heterocycles. The normalized spacial score (nSPS) is 11.2. The molecular weight excluding hydrogens is 216 g/mol. The summed E-state index contributed by atoms with van der Waals surface area (Å²) in [5, 5.41) is 0. The van der Waals surface area contributed by atoms with Gasteiger partial charge in [0.2, 0.25) is 0 Å². The lowest BCUT2D eigenvalue weighted by Gasteiger charge is -1.99. The zero-order chi connectivity index (χ0) is 13.3. The van der Waals surface area contributed by atoms with Crippen LogP contribution >= 0.6 is 0 Å². The first kappa shape index (κ1) is 17.5. The summed E-state index contributed by atoms with van der Waals surface area (Å²) in [6.45, 7) is 7.61. The number of hydrogen-bond donors (Lipinski definition) is 0. The Kier molecular flexibility index (Phi) is 16.0. The molecule has 0 atom stereocenters. The largest absolute Gasteiger partial charge is 0.0885 e. The Morgan fingerprint density at radius 3 is 1.56 bits per heavy atom. The molecule has 18 heavy (non-hydrogen) atoms. The molecule has 0 heterocycles. The van der Waals surface area contributed by atoms with Gasteiger partial charge in [-0.05, 0) is 38.5 Å². The fourth-order valence-electron chi connectivity index (χ4n) is 2.16.